The molecular formula is C10H8F3N3O5. The third kappa shape index (κ3) is 3.87. The lowest BCUT2D eigenvalue weighted by atomic mass is 10.2. The molecule has 0 bridgehead atoms. The number of hydrogen-bond donors (Lipinski definition) is 1. The van der Waals surface area contributed by atoms with Gasteiger partial charge in [0.1, 0.15) is 6.54 Å². The van der Waals surface area contributed by atoms with Gasteiger partial charge in [-0.3, -0.25) is 24.6 Å². The van der Waals surface area contributed by atoms with E-state index in [0.29, 0.717) is 0 Å². The van der Waals surface area contributed by atoms with Crippen molar-refractivity contribution in [2.75, 3.05) is 11.4 Å². The standard InChI is InChI=1S/C10H8F3N3O5/c1-5-2-6(16(20)21)8(14-3-5)15(4-7(17)18)9(19)10(11,12)13/h2-3H,4H2,1H3,(H,17,18). The number of anilines is 1. The van der Waals surface area contributed by atoms with Crippen molar-refractivity contribution in [3.63, 3.8) is 0 Å². The Morgan fingerprint density at radius 1 is 1.48 bits per heavy atom. The van der Waals surface area contributed by atoms with Gasteiger partial charge in [0.2, 0.25) is 5.82 Å². The number of nitro groups is 1. The highest BCUT2D eigenvalue weighted by molar-refractivity contribution is 6.01. The predicted molar refractivity (Wildman–Crippen MR) is 61.7 cm³/mol. The second-order valence-electron chi connectivity index (χ2n) is 3.90. The van der Waals surface area contributed by atoms with Gasteiger partial charge >= 0.3 is 23.7 Å². The SMILES string of the molecule is Cc1cnc(N(CC(=O)O)C(=O)C(F)(F)F)c([N+](=O)[O-])c1. The van der Waals surface area contributed by atoms with Gasteiger partial charge in [0.25, 0.3) is 0 Å². The number of aryl methyl sites for hydroxylation is 1. The van der Waals surface area contributed by atoms with Crippen LogP contribution in [0.3, 0.4) is 0 Å². The van der Waals surface area contributed by atoms with Crippen LogP contribution in [0.4, 0.5) is 24.7 Å². The molecule has 0 aliphatic heterocycles. The number of nitrogens with zero attached hydrogens (tertiary/aromatic N) is 3. The Morgan fingerprint density at radius 2 is 2.05 bits per heavy atom. The summed E-state index contributed by atoms with van der Waals surface area (Å²) in [6.45, 7) is -0.00780. The van der Waals surface area contributed by atoms with E-state index in [-0.39, 0.29) is 10.5 Å². The zero-order valence-electron chi connectivity index (χ0n) is 10.4. The first-order chi connectivity index (χ1) is 9.54. The average Bonchev–Trinajstić information content (AvgIpc) is 2.33. The van der Waals surface area contributed by atoms with Crippen LogP contribution in [0.5, 0.6) is 0 Å². The van der Waals surface area contributed by atoms with E-state index in [1.807, 2.05) is 0 Å². The Bertz CT molecular complexity index is 602. The molecule has 0 aromatic carbocycles. The Labute approximate surface area is 115 Å². The molecule has 0 aliphatic carbocycles. The molecule has 0 aliphatic rings. The number of alkyl halides is 3. The van der Waals surface area contributed by atoms with E-state index in [0.717, 1.165) is 12.3 Å². The fourth-order valence-corrected chi connectivity index (χ4v) is 1.42. The molecule has 21 heavy (non-hydrogen) atoms. The Hall–Kier alpha value is -2.72. The van der Waals surface area contributed by atoms with Crippen LogP contribution >= 0.6 is 0 Å². The van der Waals surface area contributed by atoms with E-state index in [1.165, 1.54) is 6.92 Å². The molecular weight excluding hydrogens is 299 g/mol. The molecule has 0 atom stereocenters. The predicted octanol–water partition coefficient (Wildman–Crippen LogP) is 1.28. The first-order valence-corrected chi connectivity index (χ1v) is 5.25. The molecule has 8 nitrogen and oxygen atoms in total. The molecule has 0 spiro atoms. The summed E-state index contributed by atoms with van der Waals surface area (Å²) in [5.41, 5.74) is -0.631. The van der Waals surface area contributed by atoms with Crippen molar-refractivity contribution in [2.24, 2.45) is 0 Å². The Balaban J connectivity index is 3.43. The van der Waals surface area contributed by atoms with Crippen molar-refractivity contribution in [1.29, 1.82) is 0 Å². The van der Waals surface area contributed by atoms with Crippen LogP contribution in [0.25, 0.3) is 0 Å². The number of aromatic nitrogens is 1. The van der Waals surface area contributed by atoms with Gasteiger partial charge in [-0.25, -0.2) is 4.98 Å². The minimum absolute atomic E-state index is 0.264. The van der Waals surface area contributed by atoms with E-state index < -0.39 is 41.0 Å². The summed E-state index contributed by atoms with van der Waals surface area (Å²) in [5, 5.41) is 19.4. The van der Waals surface area contributed by atoms with E-state index >= 15 is 0 Å². The molecule has 0 radical (unpaired) electrons. The van der Waals surface area contributed by atoms with Gasteiger partial charge in [-0.1, -0.05) is 0 Å². The van der Waals surface area contributed by atoms with Crippen LogP contribution in [-0.4, -0.2) is 39.6 Å². The molecule has 1 rings (SSSR count). The van der Waals surface area contributed by atoms with Gasteiger partial charge in [0.15, 0.2) is 0 Å². The molecule has 0 saturated carbocycles. The van der Waals surface area contributed by atoms with Gasteiger partial charge < -0.3 is 5.11 Å². The third-order valence-electron chi connectivity index (χ3n) is 2.22. The van der Waals surface area contributed by atoms with Gasteiger partial charge in [-0.15, -0.1) is 0 Å². The fourth-order valence-electron chi connectivity index (χ4n) is 1.42. The van der Waals surface area contributed by atoms with Crippen molar-refractivity contribution in [3.05, 3.63) is 27.9 Å². The summed E-state index contributed by atoms with van der Waals surface area (Å²) in [6.07, 6.45) is -4.41. The number of carboxylic acid groups (broad SMARTS) is 1. The van der Waals surface area contributed by atoms with Crippen LogP contribution in [0.15, 0.2) is 12.3 Å². The van der Waals surface area contributed by atoms with Crippen molar-refractivity contribution in [3.8, 4) is 0 Å². The number of rotatable bonds is 4. The largest absolute Gasteiger partial charge is 0.480 e. The van der Waals surface area contributed by atoms with Gasteiger partial charge in [-0.05, 0) is 12.5 Å². The topological polar surface area (TPSA) is 114 Å². The van der Waals surface area contributed by atoms with E-state index in [2.05, 4.69) is 4.98 Å². The highest BCUT2D eigenvalue weighted by atomic mass is 19.4. The summed E-state index contributed by atoms with van der Waals surface area (Å²) in [4.78, 5) is 34.7. The van der Waals surface area contributed by atoms with Crippen molar-refractivity contribution in [2.45, 2.75) is 13.1 Å². The molecule has 1 heterocycles. The monoisotopic (exact) mass is 307 g/mol. The smallest absolute Gasteiger partial charge is 0.471 e. The van der Waals surface area contributed by atoms with Crippen LogP contribution in [0.2, 0.25) is 0 Å². The second-order valence-corrected chi connectivity index (χ2v) is 3.90. The lowest BCUT2D eigenvalue weighted by Gasteiger charge is -2.20. The first kappa shape index (κ1) is 16.3. The third-order valence-corrected chi connectivity index (χ3v) is 2.22. The highest BCUT2D eigenvalue weighted by Gasteiger charge is 2.45. The van der Waals surface area contributed by atoms with Crippen molar-refractivity contribution in [1.82, 2.24) is 4.98 Å². The molecule has 1 aromatic rings. The zero-order valence-corrected chi connectivity index (χ0v) is 10.4. The van der Waals surface area contributed by atoms with Crippen LogP contribution in [0, 0.1) is 17.0 Å². The Kier molecular flexibility index (Phi) is 4.45. The molecule has 1 aromatic heterocycles. The molecule has 0 saturated heterocycles. The molecule has 1 amide bonds. The number of carboxylic acids is 1. The van der Waals surface area contributed by atoms with Crippen molar-refractivity contribution >= 4 is 23.4 Å². The van der Waals surface area contributed by atoms with Gasteiger partial charge in [-0.2, -0.15) is 13.2 Å². The molecule has 0 fully saturated rings. The quantitative estimate of drug-likeness (QED) is 0.662. The summed E-state index contributed by atoms with van der Waals surface area (Å²) in [6, 6.07) is 0.890. The summed E-state index contributed by atoms with van der Waals surface area (Å²) < 4.78 is 37.4. The van der Waals surface area contributed by atoms with Crippen LogP contribution in [0.1, 0.15) is 5.56 Å². The molecule has 114 valence electrons. The lowest BCUT2D eigenvalue weighted by Crippen LogP contribution is -2.44. The summed E-state index contributed by atoms with van der Waals surface area (Å²) >= 11 is 0. The average molecular weight is 307 g/mol. The number of pyridine rings is 1. The lowest BCUT2D eigenvalue weighted by molar-refractivity contribution is -0.384. The number of aliphatic carboxylic acids is 1. The van der Waals surface area contributed by atoms with Gasteiger partial charge in [0.05, 0.1) is 4.92 Å². The minimum atomic E-state index is -5.39. The summed E-state index contributed by atoms with van der Waals surface area (Å²) in [5.74, 6) is -5.30. The second kappa shape index (κ2) is 5.73. The van der Waals surface area contributed by atoms with Crippen molar-refractivity contribution < 1.29 is 32.8 Å². The summed E-state index contributed by atoms with van der Waals surface area (Å²) in [7, 11) is 0. The Morgan fingerprint density at radius 3 is 2.48 bits per heavy atom. The van der Waals surface area contributed by atoms with Crippen LogP contribution < -0.4 is 4.90 Å². The van der Waals surface area contributed by atoms with E-state index in [9.17, 15) is 32.9 Å². The number of carbonyl (C=O) groups is 2. The minimum Gasteiger partial charge on any atom is -0.480 e. The zero-order chi connectivity index (χ0) is 16.4. The van der Waals surface area contributed by atoms with Crippen LogP contribution in [-0.2, 0) is 9.59 Å². The maximum Gasteiger partial charge on any atom is 0.471 e. The van der Waals surface area contributed by atoms with E-state index in [4.69, 9.17) is 5.11 Å². The highest BCUT2D eigenvalue weighted by Crippen LogP contribution is 2.29. The number of halogens is 3. The number of hydrogen-bond acceptors (Lipinski definition) is 5. The first-order valence-electron chi connectivity index (χ1n) is 5.25. The maximum atomic E-state index is 12.5. The molecule has 0 unspecified atom stereocenters. The number of amides is 1. The van der Waals surface area contributed by atoms with E-state index in [1.54, 1.807) is 0 Å². The number of carbonyl (C=O) groups excluding carboxylic acids is 1. The maximum absolute atomic E-state index is 12.5. The molecule has 1 N–H and O–H groups in total. The van der Waals surface area contributed by atoms with Gasteiger partial charge in [0, 0.05) is 12.3 Å². The molecule has 11 heteroatoms. The normalized spacial score (nSPS) is 11.0. The fraction of sp³-hybridized carbons (Fsp3) is 0.300.